The average molecular weight is 276 g/mol. The van der Waals surface area contributed by atoms with Gasteiger partial charge in [0.25, 0.3) is 5.91 Å². The normalized spacial score (nSPS) is 16.9. The molecular formula is C15H24N4O. The predicted octanol–water partition coefficient (Wildman–Crippen LogP) is 1.58. The lowest BCUT2D eigenvalue weighted by Crippen LogP contribution is -2.38. The molecule has 0 saturated carbocycles. The van der Waals surface area contributed by atoms with Crippen LogP contribution >= 0.6 is 0 Å². The SMILES string of the molecule is CCN1CCC(CNC(=O)c2ccncc2NC)CC1. The van der Waals surface area contributed by atoms with E-state index < -0.39 is 0 Å². The van der Waals surface area contributed by atoms with E-state index in [0.717, 1.165) is 31.9 Å². The van der Waals surface area contributed by atoms with E-state index in [2.05, 4.69) is 27.4 Å². The number of anilines is 1. The van der Waals surface area contributed by atoms with Crippen molar-refractivity contribution < 1.29 is 4.79 Å². The number of amides is 1. The van der Waals surface area contributed by atoms with Crippen LogP contribution in [0.15, 0.2) is 18.5 Å². The molecule has 0 aliphatic carbocycles. The first-order valence-electron chi connectivity index (χ1n) is 7.37. The fraction of sp³-hybridized carbons (Fsp3) is 0.600. The molecule has 1 fully saturated rings. The first-order chi connectivity index (χ1) is 9.74. The molecule has 0 radical (unpaired) electrons. The fourth-order valence-corrected chi connectivity index (χ4v) is 2.63. The van der Waals surface area contributed by atoms with E-state index in [1.54, 1.807) is 25.5 Å². The summed E-state index contributed by atoms with van der Waals surface area (Å²) < 4.78 is 0. The van der Waals surface area contributed by atoms with Crippen LogP contribution in [0.3, 0.4) is 0 Å². The Morgan fingerprint density at radius 3 is 2.85 bits per heavy atom. The fourth-order valence-electron chi connectivity index (χ4n) is 2.63. The smallest absolute Gasteiger partial charge is 0.253 e. The van der Waals surface area contributed by atoms with Crippen LogP contribution in [0.4, 0.5) is 5.69 Å². The van der Waals surface area contributed by atoms with Gasteiger partial charge in [-0.3, -0.25) is 9.78 Å². The van der Waals surface area contributed by atoms with E-state index in [0.29, 0.717) is 11.5 Å². The Balaban J connectivity index is 1.83. The highest BCUT2D eigenvalue weighted by Gasteiger charge is 2.19. The van der Waals surface area contributed by atoms with Gasteiger partial charge in [0.15, 0.2) is 0 Å². The minimum Gasteiger partial charge on any atom is -0.386 e. The maximum absolute atomic E-state index is 12.2. The lowest BCUT2D eigenvalue weighted by molar-refractivity contribution is 0.0937. The van der Waals surface area contributed by atoms with Crippen molar-refractivity contribution in [1.82, 2.24) is 15.2 Å². The van der Waals surface area contributed by atoms with Gasteiger partial charge in [-0.2, -0.15) is 0 Å². The van der Waals surface area contributed by atoms with Gasteiger partial charge in [-0.05, 0) is 44.5 Å². The summed E-state index contributed by atoms with van der Waals surface area (Å²) in [4.78, 5) is 18.7. The maximum atomic E-state index is 12.2. The highest BCUT2D eigenvalue weighted by Crippen LogP contribution is 2.17. The molecule has 1 aromatic heterocycles. The molecular weight excluding hydrogens is 252 g/mol. The van der Waals surface area contributed by atoms with Crippen molar-refractivity contribution in [2.24, 2.45) is 5.92 Å². The number of pyridine rings is 1. The van der Waals surface area contributed by atoms with Gasteiger partial charge < -0.3 is 15.5 Å². The maximum Gasteiger partial charge on any atom is 0.253 e. The van der Waals surface area contributed by atoms with Crippen molar-refractivity contribution in [3.8, 4) is 0 Å². The number of nitrogens with zero attached hydrogens (tertiary/aromatic N) is 2. The zero-order valence-corrected chi connectivity index (χ0v) is 12.4. The van der Waals surface area contributed by atoms with Gasteiger partial charge in [-0.1, -0.05) is 6.92 Å². The summed E-state index contributed by atoms with van der Waals surface area (Å²) in [6.45, 7) is 6.39. The number of aromatic nitrogens is 1. The van der Waals surface area contributed by atoms with Crippen LogP contribution in [0.2, 0.25) is 0 Å². The van der Waals surface area contributed by atoms with Crippen LogP contribution in [0, 0.1) is 5.92 Å². The molecule has 0 unspecified atom stereocenters. The largest absolute Gasteiger partial charge is 0.386 e. The Hall–Kier alpha value is -1.62. The van der Waals surface area contributed by atoms with Crippen molar-refractivity contribution >= 4 is 11.6 Å². The highest BCUT2D eigenvalue weighted by molar-refractivity contribution is 5.99. The lowest BCUT2D eigenvalue weighted by atomic mass is 9.96. The number of nitrogens with one attached hydrogen (secondary N) is 2. The summed E-state index contributed by atoms with van der Waals surface area (Å²) in [6.07, 6.45) is 5.66. The molecule has 1 aliphatic heterocycles. The number of hydrogen-bond donors (Lipinski definition) is 2. The van der Waals surface area contributed by atoms with E-state index in [4.69, 9.17) is 0 Å². The van der Waals surface area contributed by atoms with Gasteiger partial charge in [-0.25, -0.2) is 0 Å². The third kappa shape index (κ3) is 3.70. The standard InChI is InChI=1S/C15H24N4O/c1-3-19-8-5-12(6-9-19)10-18-15(20)13-4-7-17-11-14(13)16-2/h4,7,11-12,16H,3,5-6,8-10H2,1-2H3,(H,18,20). The Kier molecular flexibility index (Phi) is 5.35. The van der Waals surface area contributed by atoms with Crippen molar-refractivity contribution in [3.63, 3.8) is 0 Å². The first kappa shape index (κ1) is 14.8. The molecule has 0 atom stereocenters. The third-order valence-corrected chi connectivity index (χ3v) is 4.04. The van der Waals surface area contributed by atoms with Gasteiger partial charge in [0.05, 0.1) is 17.4 Å². The number of piperidine rings is 1. The molecule has 5 heteroatoms. The van der Waals surface area contributed by atoms with Gasteiger partial charge in [0.1, 0.15) is 0 Å². The zero-order chi connectivity index (χ0) is 14.4. The molecule has 0 aromatic carbocycles. The average Bonchev–Trinajstić information content (AvgIpc) is 2.53. The summed E-state index contributed by atoms with van der Waals surface area (Å²) in [5.41, 5.74) is 1.43. The molecule has 1 saturated heterocycles. The molecule has 110 valence electrons. The summed E-state index contributed by atoms with van der Waals surface area (Å²) in [5.74, 6) is 0.580. The van der Waals surface area contributed by atoms with Crippen molar-refractivity contribution in [3.05, 3.63) is 24.0 Å². The number of carbonyl (C=O) groups excluding carboxylic acids is 1. The molecule has 0 bridgehead atoms. The molecule has 20 heavy (non-hydrogen) atoms. The van der Waals surface area contributed by atoms with Crippen LogP contribution in [0.1, 0.15) is 30.1 Å². The quantitative estimate of drug-likeness (QED) is 0.857. The van der Waals surface area contributed by atoms with Gasteiger partial charge in [0.2, 0.25) is 0 Å². The summed E-state index contributed by atoms with van der Waals surface area (Å²) >= 11 is 0. The minimum atomic E-state index is -0.0188. The lowest BCUT2D eigenvalue weighted by Gasteiger charge is -2.31. The number of hydrogen-bond acceptors (Lipinski definition) is 4. The second-order valence-electron chi connectivity index (χ2n) is 5.26. The minimum absolute atomic E-state index is 0.0188. The van der Waals surface area contributed by atoms with E-state index in [1.165, 1.54) is 12.8 Å². The molecule has 2 heterocycles. The van der Waals surface area contributed by atoms with Crippen molar-refractivity contribution in [2.75, 3.05) is 38.5 Å². The van der Waals surface area contributed by atoms with Crippen LogP contribution in [0.25, 0.3) is 0 Å². The molecule has 1 amide bonds. The number of rotatable bonds is 5. The van der Waals surface area contributed by atoms with Crippen LogP contribution in [0.5, 0.6) is 0 Å². The van der Waals surface area contributed by atoms with Crippen LogP contribution in [-0.4, -0.2) is 49.0 Å². The molecule has 1 aliphatic rings. The first-order valence-corrected chi connectivity index (χ1v) is 7.37. The predicted molar refractivity (Wildman–Crippen MR) is 81.0 cm³/mol. The third-order valence-electron chi connectivity index (χ3n) is 4.04. The summed E-state index contributed by atoms with van der Waals surface area (Å²) in [7, 11) is 1.80. The summed E-state index contributed by atoms with van der Waals surface area (Å²) in [5, 5.41) is 6.05. The van der Waals surface area contributed by atoms with E-state index >= 15 is 0 Å². The number of likely N-dealkylation sites (tertiary alicyclic amines) is 1. The Labute approximate surface area is 120 Å². The Morgan fingerprint density at radius 1 is 1.45 bits per heavy atom. The van der Waals surface area contributed by atoms with Crippen LogP contribution in [-0.2, 0) is 0 Å². The molecule has 2 rings (SSSR count). The van der Waals surface area contributed by atoms with E-state index in [-0.39, 0.29) is 5.91 Å². The monoisotopic (exact) mass is 276 g/mol. The second kappa shape index (κ2) is 7.24. The van der Waals surface area contributed by atoms with E-state index in [9.17, 15) is 4.79 Å². The second-order valence-corrected chi connectivity index (χ2v) is 5.26. The molecule has 0 spiro atoms. The Bertz CT molecular complexity index is 441. The zero-order valence-electron chi connectivity index (χ0n) is 12.4. The molecule has 1 aromatic rings. The van der Waals surface area contributed by atoms with Gasteiger partial charge >= 0.3 is 0 Å². The van der Waals surface area contributed by atoms with Crippen molar-refractivity contribution in [2.45, 2.75) is 19.8 Å². The van der Waals surface area contributed by atoms with Crippen molar-refractivity contribution in [1.29, 1.82) is 0 Å². The molecule has 2 N–H and O–H groups in total. The van der Waals surface area contributed by atoms with Gasteiger partial charge in [0, 0.05) is 19.8 Å². The highest BCUT2D eigenvalue weighted by atomic mass is 16.1. The van der Waals surface area contributed by atoms with E-state index in [1.807, 2.05) is 0 Å². The molecule has 5 nitrogen and oxygen atoms in total. The number of carbonyl (C=O) groups is 1. The summed E-state index contributed by atoms with van der Waals surface area (Å²) in [6, 6.07) is 1.75. The Morgan fingerprint density at radius 2 is 2.20 bits per heavy atom. The van der Waals surface area contributed by atoms with Gasteiger partial charge in [-0.15, -0.1) is 0 Å². The van der Waals surface area contributed by atoms with Crippen LogP contribution < -0.4 is 10.6 Å². The topological polar surface area (TPSA) is 57.3 Å².